The van der Waals surface area contributed by atoms with Crippen LogP contribution in [0.1, 0.15) is 31.2 Å². The normalized spacial score (nSPS) is 13.8. The van der Waals surface area contributed by atoms with Crippen molar-refractivity contribution >= 4 is 0 Å². The molecule has 1 aromatic heterocycles. The average Bonchev–Trinajstić information content (AvgIpc) is 2.54. The first-order chi connectivity index (χ1) is 10.3. The maximum Gasteiger partial charge on any atom is 0.0981 e. The zero-order valence-corrected chi connectivity index (χ0v) is 12.8. The van der Waals surface area contributed by atoms with Crippen molar-refractivity contribution in [3.8, 4) is 0 Å². The first-order valence-corrected chi connectivity index (χ1v) is 7.65. The molecule has 0 bridgehead atoms. The standard InChI is InChI=1S/C18H24N2O/c1-3-19-17(14-16-12-8-9-13-20-16)18(21-4-2)15-10-6-5-7-11-15/h5-13,17-19H,3-4,14H2,1-2H3. The molecule has 1 heterocycles. The monoisotopic (exact) mass is 284 g/mol. The molecule has 21 heavy (non-hydrogen) atoms. The quantitative estimate of drug-likeness (QED) is 0.807. The average molecular weight is 284 g/mol. The van der Waals surface area contributed by atoms with Crippen LogP contribution in [0.25, 0.3) is 0 Å². The second-order valence-electron chi connectivity index (χ2n) is 4.98. The minimum absolute atomic E-state index is 0.0400. The van der Waals surface area contributed by atoms with E-state index in [1.54, 1.807) is 0 Å². The molecule has 2 unspecified atom stereocenters. The van der Waals surface area contributed by atoms with Gasteiger partial charge in [0.15, 0.2) is 0 Å². The van der Waals surface area contributed by atoms with E-state index in [0.29, 0.717) is 6.61 Å². The number of rotatable bonds is 8. The van der Waals surface area contributed by atoms with Crippen molar-refractivity contribution in [3.05, 3.63) is 66.0 Å². The number of hydrogen-bond acceptors (Lipinski definition) is 3. The van der Waals surface area contributed by atoms with Gasteiger partial charge in [0.25, 0.3) is 0 Å². The number of aromatic nitrogens is 1. The van der Waals surface area contributed by atoms with Crippen LogP contribution in [-0.2, 0) is 11.2 Å². The number of nitrogens with one attached hydrogen (secondary N) is 1. The third-order valence-corrected chi connectivity index (χ3v) is 3.46. The molecular weight excluding hydrogens is 260 g/mol. The van der Waals surface area contributed by atoms with E-state index in [1.165, 1.54) is 5.56 Å². The minimum Gasteiger partial charge on any atom is -0.372 e. The summed E-state index contributed by atoms with van der Waals surface area (Å²) in [5, 5.41) is 3.55. The highest BCUT2D eigenvalue weighted by molar-refractivity contribution is 5.20. The summed E-state index contributed by atoms with van der Waals surface area (Å²) in [6.45, 7) is 5.77. The molecule has 0 saturated carbocycles. The number of likely N-dealkylation sites (N-methyl/N-ethyl adjacent to an activating group) is 1. The Hall–Kier alpha value is -1.71. The predicted molar refractivity (Wildman–Crippen MR) is 86.2 cm³/mol. The number of hydrogen-bond donors (Lipinski definition) is 1. The highest BCUT2D eigenvalue weighted by atomic mass is 16.5. The fraction of sp³-hybridized carbons (Fsp3) is 0.389. The molecule has 0 spiro atoms. The lowest BCUT2D eigenvalue weighted by Crippen LogP contribution is -2.38. The van der Waals surface area contributed by atoms with Crippen LogP contribution in [0, 0.1) is 0 Å². The highest BCUT2D eigenvalue weighted by Crippen LogP contribution is 2.23. The van der Waals surface area contributed by atoms with Gasteiger partial charge in [-0.3, -0.25) is 4.98 Å². The molecule has 0 aliphatic carbocycles. The highest BCUT2D eigenvalue weighted by Gasteiger charge is 2.23. The number of ether oxygens (including phenoxy) is 1. The molecule has 1 aromatic carbocycles. The van der Waals surface area contributed by atoms with E-state index < -0.39 is 0 Å². The molecule has 3 nitrogen and oxygen atoms in total. The van der Waals surface area contributed by atoms with Crippen LogP contribution in [0.4, 0.5) is 0 Å². The number of nitrogens with zero attached hydrogens (tertiary/aromatic N) is 1. The van der Waals surface area contributed by atoms with E-state index in [9.17, 15) is 0 Å². The first kappa shape index (κ1) is 15.7. The molecule has 3 heteroatoms. The lowest BCUT2D eigenvalue weighted by molar-refractivity contribution is 0.0334. The number of benzene rings is 1. The Morgan fingerprint density at radius 1 is 1.05 bits per heavy atom. The Balaban J connectivity index is 2.20. The van der Waals surface area contributed by atoms with Crippen molar-refractivity contribution in [2.75, 3.05) is 13.2 Å². The van der Waals surface area contributed by atoms with Crippen molar-refractivity contribution in [2.45, 2.75) is 32.4 Å². The van der Waals surface area contributed by atoms with E-state index in [-0.39, 0.29) is 12.1 Å². The van der Waals surface area contributed by atoms with Gasteiger partial charge in [-0.15, -0.1) is 0 Å². The first-order valence-electron chi connectivity index (χ1n) is 7.65. The molecule has 0 aliphatic rings. The largest absolute Gasteiger partial charge is 0.372 e. The van der Waals surface area contributed by atoms with E-state index in [4.69, 9.17) is 4.74 Å². The van der Waals surface area contributed by atoms with Gasteiger partial charge in [0, 0.05) is 31.0 Å². The summed E-state index contributed by atoms with van der Waals surface area (Å²) in [4.78, 5) is 4.44. The molecule has 0 fully saturated rings. The molecule has 1 N–H and O–H groups in total. The van der Waals surface area contributed by atoms with Crippen LogP contribution in [0.3, 0.4) is 0 Å². The summed E-state index contributed by atoms with van der Waals surface area (Å²) in [6, 6.07) is 16.7. The van der Waals surface area contributed by atoms with Crippen LogP contribution in [0.2, 0.25) is 0 Å². The van der Waals surface area contributed by atoms with E-state index in [1.807, 2.05) is 31.3 Å². The zero-order chi connectivity index (χ0) is 14.9. The van der Waals surface area contributed by atoms with Crippen LogP contribution < -0.4 is 5.32 Å². The lowest BCUT2D eigenvalue weighted by Gasteiger charge is -2.28. The van der Waals surface area contributed by atoms with Gasteiger partial charge in [-0.05, 0) is 31.2 Å². The van der Waals surface area contributed by atoms with Gasteiger partial charge in [-0.25, -0.2) is 0 Å². The van der Waals surface area contributed by atoms with Crippen LogP contribution in [-0.4, -0.2) is 24.2 Å². The Morgan fingerprint density at radius 2 is 1.81 bits per heavy atom. The maximum atomic E-state index is 6.02. The molecule has 112 valence electrons. The van der Waals surface area contributed by atoms with Crippen molar-refractivity contribution in [2.24, 2.45) is 0 Å². The molecule has 0 amide bonds. The zero-order valence-electron chi connectivity index (χ0n) is 12.8. The van der Waals surface area contributed by atoms with Crippen molar-refractivity contribution in [1.82, 2.24) is 10.3 Å². The summed E-state index contributed by atoms with van der Waals surface area (Å²) >= 11 is 0. The fourth-order valence-electron chi connectivity index (χ4n) is 2.56. The lowest BCUT2D eigenvalue weighted by atomic mass is 9.97. The van der Waals surface area contributed by atoms with Gasteiger partial charge in [0.2, 0.25) is 0 Å². The molecule has 0 radical (unpaired) electrons. The van der Waals surface area contributed by atoms with Gasteiger partial charge >= 0.3 is 0 Å². The van der Waals surface area contributed by atoms with Gasteiger partial charge < -0.3 is 10.1 Å². The summed E-state index contributed by atoms with van der Waals surface area (Å²) in [6.07, 6.45) is 2.74. The van der Waals surface area contributed by atoms with Gasteiger partial charge in [0.1, 0.15) is 0 Å². The topological polar surface area (TPSA) is 34.2 Å². The van der Waals surface area contributed by atoms with E-state index >= 15 is 0 Å². The third-order valence-electron chi connectivity index (χ3n) is 3.46. The predicted octanol–water partition coefficient (Wildman–Crippen LogP) is 3.38. The third kappa shape index (κ3) is 4.66. The van der Waals surface area contributed by atoms with Gasteiger partial charge in [0.05, 0.1) is 6.10 Å². The minimum atomic E-state index is 0.0400. The molecular formula is C18H24N2O. The van der Waals surface area contributed by atoms with Gasteiger partial charge in [-0.2, -0.15) is 0 Å². The maximum absolute atomic E-state index is 6.02. The Bertz CT molecular complexity index is 501. The summed E-state index contributed by atoms with van der Waals surface area (Å²) in [5.41, 5.74) is 2.30. The van der Waals surface area contributed by atoms with E-state index in [2.05, 4.69) is 47.6 Å². The summed E-state index contributed by atoms with van der Waals surface area (Å²) in [5.74, 6) is 0. The van der Waals surface area contributed by atoms with Gasteiger partial charge in [-0.1, -0.05) is 43.3 Å². The molecule has 0 saturated heterocycles. The summed E-state index contributed by atoms with van der Waals surface area (Å²) < 4.78 is 6.02. The Kier molecular flexibility index (Phi) is 6.38. The molecule has 2 aromatic rings. The van der Waals surface area contributed by atoms with Crippen molar-refractivity contribution in [1.29, 1.82) is 0 Å². The number of pyridine rings is 1. The Labute approximate surface area is 127 Å². The summed E-state index contributed by atoms with van der Waals surface area (Å²) in [7, 11) is 0. The molecule has 0 aliphatic heterocycles. The second-order valence-corrected chi connectivity index (χ2v) is 4.98. The van der Waals surface area contributed by atoms with E-state index in [0.717, 1.165) is 18.7 Å². The molecule has 2 atom stereocenters. The Morgan fingerprint density at radius 3 is 2.43 bits per heavy atom. The van der Waals surface area contributed by atoms with Crippen molar-refractivity contribution in [3.63, 3.8) is 0 Å². The smallest absolute Gasteiger partial charge is 0.0981 e. The fourth-order valence-corrected chi connectivity index (χ4v) is 2.56. The van der Waals surface area contributed by atoms with Crippen LogP contribution in [0.15, 0.2) is 54.7 Å². The SMILES string of the molecule is CCNC(Cc1ccccn1)C(OCC)c1ccccc1. The van der Waals surface area contributed by atoms with Crippen molar-refractivity contribution < 1.29 is 4.74 Å². The van der Waals surface area contributed by atoms with Crippen LogP contribution in [0.5, 0.6) is 0 Å². The molecule has 2 rings (SSSR count). The van der Waals surface area contributed by atoms with Crippen LogP contribution >= 0.6 is 0 Å². The second kappa shape index (κ2) is 8.55.